The summed E-state index contributed by atoms with van der Waals surface area (Å²) in [6.45, 7) is 0. The zero-order valence-corrected chi connectivity index (χ0v) is 16.1. The molecule has 1 atom stereocenters. The van der Waals surface area contributed by atoms with E-state index < -0.39 is 26.8 Å². The van der Waals surface area contributed by atoms with Crippen LogP contribution in [0.5, 0.6) is 0 Å². The number of amides is 2. The van der Waals surface area contributed by atoms with E-state index in [0.717, 1.165) is 85.8 Å². The fourth-order valence-corrected chi connectivity index (χ4v) is 5.03. The minimum absolute atomic E-state index is 0.106. The number of rotatable bonds is 3. The van der Waals surface area contributed by atoms with Crippen LogP contribution in [0.15, 0.2) is 15.6 Å². The first-order valence-corrected chi connectivity index (χ1v) is 11.1. The Morgan fingerprint density at radius 1 is 1.21 bits per heavy atom. The fraction of sp³-hybridized carbons (Fsp3) is 0.500. The van der Waals surface area contributed by atoms with Gasteiger partial charge in [-0.2, -0.15) is 5.10 Å². The second-order valence-electron chi connectivity index (χ2n) is 7.63. The lowest BCUT2D eigenvalue weighted by Gasteiger charge is -2.14. The number of nitrogens with two attached hydrogens (primary N) is 1. The summed E-state index contributed by atoms with van der Waals surface area (Å²) in [6, 6.07) is -0.739. The zero-order chi connectivity index (χ0) is 19.5. The number of halogens is 1. The molecule has 0 aliphatic heterocycles. The standard InChI is InChI=1S/C18H21FN6O2S/c19-13-9-25(10-7-8-10)23-17(13)28(20,27)24-18(26)22-16-11-3-1-5-14(11)21-15-6-2-4-12(15)16/h9-10H,1-8H2,(H3,20,21,22,24,26,27). The van der Waals surface area contributed by atoms with E-state index in [1.165, 1.54) is 4.68 Å². The van der Waals surface area contributed by atoms with Gasteiger partial charge in [-0.25, -0.2) is 18.5 Å². The van der Waals surface area contributed by atoms with E-state index in [0.29, 0.717) is 0 Å². The first-order chi connectivity index (χ1) is 13.4. The number of urea groups is 1. The van der Waals surface area contributed by atoms with Crippen molar-refractivity contribution in [1.82, 2.24) is 14.8 Å². The summed E-state index contributed by atoms with van der Waals surface area (Å²) in [5, 5.41) is 12.0. The maximum Gasteiger partial charge on any atom is 0.354 e. The molecule has 1 unspecified atom stereocenters. The minimum atomic E-state index is -3.78. The molecule has 0 aromatic carbocycles. The van der Waals surface area contributed by atoms with Gasteiger partial charge in [0.1, 0.15) is 0 Å². The summed E-state index contributed by atoms with van der Waals surface area (Å²) >= 11 is 0. The van der Waals surface area contributed by atoms with Crippen LogP contribution in [0.25, 0.3) is 0 Å². The number of nitrogens with one attached hydrogen (secondary N) is 1. The third kappa shape index (κ3) is 3.00. The second kappa shape index (κ2) is 6.35. The number of carbonyl (C=O) groups is 1. The molecule has 0 saturated heterocycles. The number of anilines is 1. The first-order valence-electron chi connectivity index (χ1n) is 9.56. The van der Waals surface area contributed by atoms with Gasteiger partial charge in [-0.1, -0.05) is 0 Å². The maximum atomic E-state index is 14.2. The highest BCUT2D eigenvalue weighted by Crippen LogP contribution is 2.37. The van der Waals surface area contributed by atoms with E-state index in [1.54, 1.807) is 0 Å². The number of carbonyl (C=O) groups excluding carboxylic acids is 1. The Morgan fingerprint density at radius 3 is 2.46 bits per heavy atom. The van der Waals surface area contributed by atoms with Crippen LogP contribution in [-0.4, -0.2) is 25.0 Å². The van der Waals surface area contributed by atoms with Gasteiger partial charge < -0.3 is 5.32 Å². The number of hydrogen-bond acceptors (Lipinski definition) is 4. The van der Waals surface area contributed by atoms with Gasteiger partial charge in [0.15, 0.2) is 15.7 Å². The van der Waals surface area contributed by atoms with Crippen LogP contribution in [0.4, 0.5) is 14.9 Å². The van der Waals surface area contributed by atoms with Crippen molar-refractivity contribution in [3.8, 4) is 0 Å². The van der Waals surface area contributed by atoms with Crippen molar-refractivity contribution >= 4 is 21.6 Å². The molecule has 0 spiro atoms. The van der Waals surface area contributed by atoms with Crippen molar-refractivity contribution in [3.63, 3.8) is 0 Å². The lowest BCUT2D eigenvalue weighted by Crippen LogP contribution is -2.20. The van der Waals surface area contributed by atoms with Crippen molar-refractivity contribution in [2.45, 2.75) is 62.4 Å². The molecule has 1 fully saturated rings. The molecule has 3 N–H and O–H groups in total. The van der Waals surface area contributed by atoms with Crippen molar-refractivity contribution < 1.29 is 13.4 Å². The Morgan fingerprint density at radius 2 is 1.86 bits per heavy atom. The molecule has 0 bridgehead atoms. The molecule has 5 rings (SSSR count). The van der Waals surface area contributed by atoms with Crippen LogP contribution in [0, 0.1) is 5.82 Å². The van der Waals surface area contributed by atoms with E-state index in [-0.39, 0.29) is 6.04 Å². The Hall–Kier alpha value is -2.33. The van der Waals surface area contributed by atoms with Gasteiger partial charge >= 0.3 is 6.03 Å². The van der Waals surface area contributed by atoms with Crippen LogP contribution in [0.2, 0.25) is 0 Å². The van der Waals surface area contributed by atoms with Crippen molar-refractivity contribution in [2.75, 3.05) is 5.32 Å². The molecule has 8 nitrogen and oxygen atoms in total. The predicted molar refractivity (Wildman–Crippen MR) is 101 cm³/mol. The molecule has 0 radical (unpaired) electrons. The summed E-state index contributed by atoms with van der Waals surface area (Å²) in [4.78, 5) is 17.3. The average molecular weight is 404 g/mol. The molecule has 28 heavy (non-hydrogen) atoms. The summed E-state index contributed by atoms with van der Waals surface area (Å²) in [6.07, 6.45) is 8.37. The van der Waals surface area contributed by atoms with Gasteiger partial charge in [0.05, 0.1) is 17.9 Å². The number of fused-ring (bicyclic) bond motifs is 2. The molecule has 2 heterocycles. The normalized spacial score (nSPS) is 19.8. The monoisotopic (exact) mass is 404 g/mol. The van der Waals surface area contributed by atoms with Gasteiger partial charge in [0.25, 0.3) is 0 Å². The second-order valence-corrected chi connectivity index (χ2v) is 9.33. The van der Waals surface area contributed by atoms with Gasteiger partial charge in [-0.3, -0.25) is 9.67 Å². The number of hydrogen-bond donors (Lipinski definition) is 2. The van der Waals surface area contributed by atoms with E-state index in [1.807, 2.05) is 0 Å². The van der Waals surface area contributed by atoms with E-state index in [4.69, 9.17) is 10.1 Å². The Bertz CT molecular complexity index is 1080. The van der Waals surface area contributed by atoms with Crippen molar-refractivity contribution in [1.29, 1.82) is 0 Å². The molecular weight excluding hydrogens is 383 g/mol. The molecular formula is C18H21FN6O2S. The SMILES string of the molecule is NS(=O)(=NC(=O)Nc1c2c(nc3c1CCC3)CCC2)c1nn(C2CC2)cc1F. The summed E-state index contributed by atoms with van der Waals surface area (Å²) < 4.78 is 32.0. The third-order valence-electron chi connectivity index (χ3n) is 5.56. The summed E-state index contributed by atoms with van der Waals surface area (Å²) in [5.41, 5.74) is 4.80. The number of aryl methyl sites for hydroxylation is 2. The van der Waals surface area contributed by atoms with Crippen LogP contribution >= 0.6 is 0 Å². The molecule has 148 valence electrons. The van der Waals surface area contributed by atoms with Gasteiger partial charge in [0.2, 0.25) is 5.03 Å². The molecule has 3 aliphatic rings. The third-order valence-corrected chi connectivity index (χ3v) is 6.82. The van der Waals surface area contributed by atoms with E-state index >= 15 is 0 Å². The smallest absolute Gasteiger partial charge is 0.305 e. The number of aromatic nitrogens is 3. The number of nitrogens with zero attached hydrogens (tertiary/aromatic N) is 4. The highest BCUT2D eigenvalue weighted by atomic mass is 32.2. The maximum absolute atomic E-state index is 14.2. The van der Waals surface area contributed by atoms with E-state index in [9.17, 15) is 13.4 Å². The van der Waals surface area contributed by atoms with Gasteiger partial charge in [-0.15, -0.1) is 4.36 Å². The molecule has 1 saturated carbocycles. The lowest BCUT2D eigenvalue weighted by atomic mass is 10.1. The molecule has 2 aromatic rings. The van der Waals surface area contributed by atoms with Gasteiger partial charge in [0, 0.05) is 11.4 Å². The summed E-state index contributed by atoms with van der Waals surface area (Å²) in [7, 11) is -3.78. The van der Waals surface area contributed by atoms with Crippen LogP contribution < -0.4 is 10.5 Å². The largest absolute Gasteiger partial charge is 0.354 e. The first kappa shape index (κ1) is 17.7. The average Bonchev–Trinajstić information content (AvgIpc) is 3.03. The van der Waals surface area contributed by atoms with Crippen molar-refractivity contribution in [3.05, 3.63) is 34.5 Å². The van der Waals surface area contributed by atoms with E-state index in [2.05, 4.69) is 14.8 Å². The Kier molecular flexibility index (Phi) is 4.02. The molecule has 3 aliphatic carbocycles. The van der Waals surface area contributed by atoms with Crippen molar-refractivity contribution in [2.24, 2.45) is 9.50 Å². The zero-order valence-electron chi connectivity index (χ0n) is 15.3. The quantitative estimate of drug-likeness (QED) is 0.818. The Labute approximate surface area is 162 Å². The predicted octanol–water partition coefficient (Wildman–Crippen LogP) is 2.66. The van der Waals surface area contributed by atoms with Crippen LogP contribution in [0.1, 0.15) is 54.2 Å². The fourth-order valence-electron chi connectivity index (χ4n) is 4.11. The molecule has 2 aromatic heterocycles. The van der Waals surface area contributed by atoms with Crippen LogP contribution in [-0.2, 0) is 35.6 Å². The highest BCUT2D eigenvalue weighted by Gasteiger charge is 2.30. The van der Waals surface area contributed by atoms with Crippen LogP contribution in [0.3, 0.4) is 0 Å². The minimum Gasteiger partial charge on any atom is -0.305 e. The van der Waals surface area contributed by atoms with Gasteiger partial charge in [-0.05, 0) is 62.5 Å². The molecule has 10 heteroatoms. The molecule has 2 amide bonds. The highest BCUT2D eigenvalue weighted by molar-refractivity contribution is 7.91. The lowest BCUT2D eigenvalue weighted by molar-refractivity contribution is 0.260. The summed E-state index contributed by atoms with van der Waals surface area (Å²) in [5.74, 6) is -0.804. The Balaban J connectivity index is 1.47. The topological polar surface area (TPSA) is 115 Å². The number of pyridine rings is 1.